The molecular weight excluding hydrogens is 280 g/mol. The Bertz CT molecular complexity index is 350. The molecule has 22 heavy (non-hydrogen) atoms. The van der Waals surface area contributed by atoms with Crippen LogP contribution >= 0.6 is 0 Å². The molecule has 1 saturated heterocycles. The van der Waals surface area contributed by atoms with E-state index in [2.05, 4.69) is 21.3 Å². The highest BCUT2D eigenvalue weighted by Gasteiger charge is 2.16. The molecule has 1 atom stereocenters. The minimum absolute atomic E-state index is 0.0570. The van der Waals surface area contributed by atoms with Crippen molar-refractivity contribution >= 4 is 11.9 Å². The van der Waals surface area contributed by atoms with E-state index < -0.39 is 0 Å². The molecule has 0 aromatic rings. The van der Waals surface area contributed by atoms with E-state index in [1.165, 1.54) is 32.1 Å². The Balaban J connectivity index is 1.50. The second-order valence-corrected chi connectivity index (χ2v) is 6.51. The van der Waals surface area contributed by atoms with Crippen LogP contribution in [0.15, 0.2) is 0 Å². The van der Waals surface area contributed by atoms with Crippen LogP contribution in [0.5, 0.6) is 0 Å². The molecule has 4 N–H and O–H groups in total. The minimum atomic E-state index is -0.224. The summed E-state index contributed by atoms with van der Waals surface area (Å²) in [7, 11) is 0. The number of urea groups is 1. The second-order valence-electron chi connectivity index (χ2n) is 6.51. The van der Waals surface area contributed by atoms with Crippen LogP contribution < -0.4 is 21.3 Å². The molecule has 0 bridgehead atoms. The van der Waals surface area contributed by atoms with Crippen molar-refractivity contribution in [3.63, 3.8) is 0 Å². The summed E-state index contributed by atoms with van der Waals surface area (Å²) in [6.07, 6.45) is 9.20. The summed E-state index contributed by atoms with van der Waals surface area (Å²) in [4.78, 5) is 23.4. The van der Waals surface area contributed by atoms with Crippen molar-refractivity contribution in [1.82, 2.24) is 21.3 Å². The Morgan fingerprint density at radius 1 is 1.00 bits per heavy atom. The van der Waals surface area contributed by atoms with Crippen LogP contribution in [-0.4, -0.2) is 44.2 Å². The lowest BCUT2D eigenvalue weighted by Gasteiger charge is -2.23. The molecule has 1 aliphatic carbocycles. The zero-order chi connectivity index (χ0) is 15.6. The van der Waals surface area contributed by atoms with Gasteiger partial charge in [-0.15, -0.1) is 0 Å². The van der Waals surface area contributed by atoms with Gasteiger partial charge in [-0.05, 0) is 51.1 Å². The number of amides is 3. The smallest absolute Gasteiger partial charge is 0.315 e. The van der Waals surface area contributed by atoms with Crippen molar-refractivity contribution in [2.75, 3.05) is 26.2 Å². The highest BCUT2D eigenvalue weighted by atomic mass is 16.2. The lowest BCUT2D eigenvalue weighted by atomic mass is 9.96. The Kier molecular flexibility index (Phi) is 7.49. The summed E-state index contributed by atoms with van der Waals surface area (Å²) in [5.74, 6) is 0.555. The van der Waals surface area contributed by atoms with Crippen LogP contribution in [0.1, 0.15) is 51.4 Å². The predicted octanol–water partition coefficient (Wildman–Crippen LogP) is 1.12. The maximum Gasteiger partial charge on any atom is 0.315 e. The van der Waals surface area contributed by atoms with Crippen molar-refractivity contribution < 1.29 is 9.59 Å². The van der Waals surface area contributed by atoms with Crippen LogP contribution in [-0.2, 0) is 4.79 Å². The van der Waals surface area contributed by atoms with E-state index in [4.69, 9.17) is 0 Å². The van der Waals surface area contributed by atoms with Crippen LogP contribution in [0.4, 0.5) is 4.79 Å². The number of piperidine rings is 1. The van der Waals surface area contributed by atoms with Gasteiger partial charge in [-0.1, -0.05) is 19.3 Å². The van der Waals surface area contributed by atoms with Gasteiger partial charge in [0, 0.05) is 12.6 Å². The highest BCUT2D eigenvalue weighted by molar-refractivity contribution is 5.83. The maximum absolute atomic E-state index is 11.7. The first-order valence-corrected chi connectivity index (χ1v) is 8.76. The van der Waals surface area contributed by atoms with Gasteiger partial charge in [-0.25, -0.2) is 4.79 Å². The van der Waals surface area contributed by atoms with Crippen molar-refractivity contribution in [3.8, 4) is 0 Å². The van der Waals surface area contributed by atoms with Gasteiger partial charge in [0.2, 0.25) is 5.91 Å². The standard InChI is InChI=1S/C16H30N4O2/c21-15(18-10-8-13-5-4-9-17-11-13)12-19-16(22)20-14-6-2-1-3-7-14/h13-14,17H,1-12H2,(H,18,21)(H2,19,20,22). The molecule has 2 fully saturated rings. The third-order valence-corrected chi connectivity index (χ3v) is 4.62. The Morgan fingerprint density at radius 2 is 1.82 bits per heavy atom. The average molecular weight is 310 g/mol. The van der Waals surface area contributed by atoms with Crippen molar-refractivity contribution in [2.24, 2.45) is 5.92 Å². The molecule has 6 nitrogen and oxygen atoms in total. The SMILES string of the molecule is O=C(CNC(=O)NC1CCCCC1)NCCC1CCCNC1. The van der Waals surface area contributed by atoms with Gasteiger partial charge in [0.1, 0.15) is 0 Å². The Morgan fingerprint density at radius 3 is 2.55 bits per heavy atom. The van der Waals surface area contributed by atoms with Crippen LogP contribution in [0.25, 0.3) is 0 Å². The fraction of sp³-hybridized carbons (Fsp3) is 0.875. The summed E-state index contributed by atoms with van der Waals surface area (Å²) in [6.45, 7) is 2.92. The molecule has 1 aliphatic heterocycles. The molecule has 0 radical (unpaired) electrons. The lowest BCUT2D eigenvalue weighted by Crippen LogP contribution is -2.46. The summed E-state index contributed by atoms with van der Waals surface area (Å²) < 4.78 is 0. The van der Waals surface area contributed by atoms with Crippen LogP contribution in [0.2, 0.25) is 0 Å². The second kappa shape index (κ2) is 9.66. The zero-order valence-corrected chi connectivity index (χ0v) is 13.5. The summed E-state index contributed by atoms with van der Waals surface area (Å²) >= 11 is 0. The Hall–Kier alpha value is -1.30. The lowest BCUT2D eigenvalue weighted by molar-refractivity contribution is -0.120. The van der Waals surface area contributed by atoms with E-state index in [-0.39, 0.29) is 24.5 Å². The molecule has 0 aromatic carbocycles. The van der Waals surface area contributed by atoms with E-state index in [0.29, 0.717) is 12.5 Å². The molecule has 0 aromatic heterocycles. The maximum atomic E-state index is 11.7. The first-order chi connectivity index (χ1) is 10.7. The fourth-order valence-electron chi connectivity index (χ4n) is 3.29. The van der Waals surface area contributed by atoms with Crippen molar-refractivity contribution in [2.45, 2.75) is 57.4 Å². The number of carbonyl (C=O) groups is 2. The van der Waals surface area contributed by atoms with Gasteiger partial charge >= 0.3 is 6.03 Å². The molecule has 3 amide bonds. The van der Waals surface area contributed by atoms with Gasteiger partial charge in [-0.2, -0.15) is 0 Å². The molecule has 6 heteroatoms. The molecule has 0 spiro atoms. The minimum Gasteiger partial charge on any atom is -0.355 e. The van der Waals surface area contributed by atoms with Gasteiger partial charge in [0.25, 0.3) is 0 Å². The number of nitrogens with one attached hydrogen (secondary N) is 4. The summed E-state index contributed by atoms with van der Waals surface area (Å²) in [6, 6.07) is 0.0501. The largest absolute Gasteiger partial charge is 0.355 e. The molecular formula is C16H30N4O2. The molecule has 1 saturated carbocycles. The van der Waals surface area contributed by atoms with Gasteiger partial charge < -0.3 is 21.3 Å². The third-order valence-electron chi connectivity index (χ3n) is 4.62. The predicted molar refractivity (Wildman–Crippen MR) is 86.6 cm³/mol. The van der Waals surface area contributed by atoms with Gasteiger partial charge in [0.15, 0.2) is 0 Å². The van der Waals surface area contributed by atoms with E-state index in [1.54, 1.807) is 0 Å². The fourth-order valence-corrected chi connectivity index (χ4v) is 3.29. The monoisotopic (exact) mass is 310 g/mol. The van der Waals surface area contributed by atoms with E-state index >= 15 is 0 Å². The topological polar surface area (TPSA) is 82.3 Å². The summed E-state index contributed by atoms with van der Waals surface area (Å²) in [5.41, 5.74) is 0. The molecule has 1 heterocycles. The first-order valence-electron chi connectivity index (χ1n) is 8.76. The highest BCUT2D eigenvalue weighted by Crippen LogP contribution is 2.17. The normalized spacial score (nSPS) is 22.8. The first kappa shape index (κ1) is 17.1. The number of hydrogen-bond acceptors (Lipinski definition) is 3. The quantitative estimate of drug-likeness (QED) is 0.593. The van der Waals surface area contributed by atoms with Crippen molar-refractivity contribution in [1.29, 1.82) is 0 Å². The van der Waals surface area contributed by atoms with Crippen LogP contribution in [0, 0.1) is 5.92 Å². The third kappa shape index (κ3) is 6.64. The molecule has 126 valence electrons. The molecule has 2 aliphatic rings. The number of carbonyl (C=O) groups excluding carboxylic acids is 2. The van der Waals surface area contributed by atoms with E-state index in [0.717, 1.165) is 32.4 Å². The number of hydrogen-bond donors (Lipinski definition) is 4. The van der Waals surface area contributed by atoms with Crippen molar-refractivity contribution in [3.05, 3.63) is 0 Å². The van der Waals surface area contributed by atoms with Gasteiger partial charge in [-0.3, -0.25) is 4.79 Å². The average Bonchev–Trinajstić information content (AvgIpc) is 2.55. The molecule has 1 unspecified atom stereocenters. The van der Waals surface area contributed by atoms with E-state index in [1.807, 2.05) is 0 Å². The van der Waals surface area contributed by atoms with Crippen LogP contribution in [0.3, 0.4) is 0 Å². The molecule has 2 rings (SSSR count). The van der Waals surface area contributed by atoms with Gasteiger partial charge in [0.05, 0.1) is 6.54 Å². The number of rotatable bonds is 6. The van der Waals surface area contributed by atoms with E-state index in [9.17, 15) is 9.59 Å². The summed E-state index contributed by atoms with van der Waals surface area (Å²) in [5, 5.41) is 11.8. The Labute approximate surface area is 133 Å². The zero-order valence-electron chi connectivity index (χ0n) is 13.5.